The second-order valence-electron chi connectivity index (χ2n) is 4.23. The van der Waals surface area contributed by atoms with E-state index in [-0.39, 0.29) is 5.69 Å². The van der Waals surface area contributed by atoms with Crippen molar-refractivity contribution in [1.29, 1.82) is 5.26 Å². The van der Waals surface area contributed by atoms with Crippen molar-refractivity contribution in [2.24, 2.45) is 0 Å². The lowest BCUT2D eigenvalue weighted by atomic mass is 10.2. The second kappa shape index (κ2) is 6.55. The molecular weight excluding hydrogens is 278 g/mol. The molecule has 0 radical (unpaired) electrons. The average Bonchev–Trinajstić information content (AvgIpc) is 2.89. The van der Waals surface area contributed by atoms with E-state index in [1.54, 1.807) is 23.5 Å². The Morgan fingerprint density at radius 2 is 2.26 bits per heavy atom. The first kappa shape index (κ1) is 13.8. The third kappa shape index (κ3) is 3.94. The van der Waals surface area contributed by atoms with Gasteiger partial charge < -0.3 is 4.18 Å². The van der Waals surface area contributed by atoms with Crippen LogP contribution in [0, 0.1) is 11.3 Å². The fourth-order valence-electron chi connectivity index (χ4n) is 1.35. The lowest BCUT2D eigenvalue weighted by Gasteiger charge is -2.01. The average molecular weight is 291 g/mol. The lowest BCUT2D eigenvalue weighted by molar-refractivity contribution is 0.599. The Morgan fingerprint density at radius 3 is 2.84 bits per heavy atom. The molecule has 0 atom stereocenters. The van der Waals surface area contributed by atoms with Crippen LogP contribution < -0.4 is 4.18 Å². The first-order valence-electron chi connectivity index (χ1n) is 5.79. The number of nitrogens with zero attached hydrogens (tertiary/aromatic N) is 3. The molecule has 0 aromatic carbocycles. The molecule has 19 heavy (non-hydrogen) atoms. The zero-order chi connectivity index (χ0) is 13.7. The quantitative estimate of drug-likeness (QED) is 0.785. The van der Waals surface area contributed by atoms with E-state index in [0.29, 0.717) is 11.8 Å². The monoisotopic (exact) mass is 291 g/mol. The highest BCUT2D eigenvalue weighted by atomic mass is 32.2. The standard InChI is InChI=1S/C13H13N3OS2/c1-9(2)12-5-10(7-18-12)8-19-17-13-4-3-11(6-14)15-16-13/h3-5,7,9H,8H2,1-2H3. The Morgan fingerprint density at radius 1 is 1.42 bits per heavy atom. The molecule has 0 amide bonds. The normalized spacial score (nSPS) is 10.4. The fourth-order valence-corrected chi connectivity index (χ4v) is 2.96. The topological polar surface area (TPSA) is 58.8 Å². The van der Waals surface area contributed by atoms with Crippen LogP contribution in [0.25, 0.3) is 0 Å². The van der Waals surface area contributed by atoms with Gasteiger partial charge in [0.1, 0.15) is 6.07 Å². The van der Waals surface area contributed by atoms with Gasteiger partial charge in [-0.15, -0.1) is 21.5 Å². The van der Waals surface area contributed by atoms with Crippen molar-refractivity contribution in [3.8, 4) is 11.9 Å². The van der Waals surface area contributed by atoms with Gasteiger partial charge in [-0.05, 0) is 29.0 Å². The summed E-state index contributed by atoms with van der Waals surface area (Å²) in [5.74, 6) is 1.75. The number of aromatic nitrogens is 2. The van der Waals surface area contributed by atoms with E-state index >= 15 is 0 Å². The van der Waals surface area contributed by atoms with Gasteiger partial charge in [-0.2, -0.15) is 5.26 Å². The Labute approximate surface area is 120 Å². The second-order valence-corrected chi connectivity index (χ2v) is 5.86. The van der Waals surface area contributed by atoms with Crippen LogP contribution in [-0.4, -0.2) is 10.2 Å². The van der Waals surface area contributed by atoms with Crippen LogP contribution in [0.2, 0.25) is 0 Å². The van der Waals surface area contributed by atoms with Crippen LogP contribution in [0.5, 0.6) is 5.88 Å². The van der Waals surface area contributed by atoms with Crippen molar-refractivity contribution < 1.29 is 4.18 Å². The maximum absolute atomic E-state index is 8.60. The summed E-state index contributed by atoms with van der Waals surface area (Å²) in [5, 5.41) is 18.3. The molecule has 0 spiro atoms. The molecule has 98 valence electrons. The summed E-state index contributed by atoms with van der Waals surface area (Å²) >= 11 is 3.10. The van der Waals surface area contributed by atoms with E-state index < -0.39 is 0 Å². The van der Waals surface area contributed by atoms with E-state index in [1.165, 1.54) is 22.5 Å². The van der Waals surface area contributed by atoms with Crippen molar-refractivity contribution in [1.82, 2.24) is 10.2 Å². The van der Waals surface area contributed by atoms with Gasteiger partial charge in [0.15, 0.2) is 5.69 Å². The summed E-state index contributed by atoms with van der Waals surface area (Å²) in [7, 11) is 0. The number of hydrogen-bond donors (Lipinski definition) is 0. The van der Waals surface area contributed by atoms with Gasteiger partial charge in [-0.3, -0.25) is 0 Å². The SMILES string of the molecule is CC(C)c1cc(CSOc2ccc(C#N)nn2)cs1. The van der Waals surface area contributed by atoms with Crippen molar-refractivity contribution in [2.45, 2.75) is 25.5 Å². The Balaban J connectivity index is 1.83. The predicted molar refractivity (Wildman–Crippen MR) is 77.1 cm³/mol. The molecule has 2 rings (SSSR count). The molecule has 0 aliphatic carbocycles. The summed E-state index contributed by atoms with van der Waals surface area (Å²) < 4.78 is 5.42. The number of hydrogen-bond acceptors (Lipinski definition) is 6. The van der Waals surface area contributed by atoms with Gasteiger partial charge >= 0.3 is 0 Å². The van der Waals surface area contributed by atoms with Gasteiger partial charge in [0, 0.05) is 10.9 Å². The molecular formula is C13H13N3OS2. The summed E-state index contributed by atoms with van der Waals surface area (Å²) in [6.07, 6.45) is 0. The summed E-state index contributed by atoms with van der Waals surface area (Å²) in [4.78, 5) is 1.38. The lowest BCUT2D eigenvalue weighted by Crippen LogP contribution is -1.91. The van der Waals surface area contributed by atoms with Gasteiger partial charge in [-0.25, -0.2) is 0 Å². The van der Waals surface area contributed by atoms with Crippen LogP contribution in [0.3, 0.4) is 0 Å². The van der Waals surface area contributed by atoms with Crippen molar-refractivity contribution >= 4 is 23.4 Å². The summed E-state index contributed by atoms with van der Waals surface area (Å²) in [6, 6.07) is 7.35. The Hall–Kier alpha value is -1.58. The molecule has 2 aromatic rings. The molecule has 4 nitrogen and oxygen atoms in total. The number of rotatable bonds is 5. The van der Waals surface area contributed by atoms with Gasteiger partial charge in [0.25, 0.3) is 0 Å². The van der Waals surface area contributed by atoms with Crippen molar-refractivity contribution in [3.63, 3.8) is 0 Å². The Kier molecular flexibility index (Phi) is 4.77. The molecule has 0 aliphatic rings. The van der Waals surface area contributed by atoms with Crippen molar-refractivity contribution in [2.75, 3.05) is 0 Å². The highest BCUT2D eigenvalue weighted by Gasteiger charge is 2.05. The first-order valence-corrected chi connectivity index (χ1v) is 7.58. The van der Waals surface area contributed by atoms with Gasteiger partial charge in [0.05, 0.1) is 17.8 Å². The third-order valence-electron chi connectivity index (χ3n) is 2.37. The summed E-state index contributed by atoms with van der Waals surface area (Å²) in [6.45, 7) is 4.37. The molecule has 2 aromatic heterocycles. The van der Waals surface area contributed by atoms with Crippen LogP contribution in [-0.2, 0) is 5.75 Å². The van der Waals surface area contributed by atoms with Crippen LogP contribution in [0.4, 0.5) is 0 Å². The van der Waals surface area contributed by atoms with Crippen molar-refractivity contribution in [3.05, 3.63) is 39.7 Å². The molecule has 0 N–H and O–H groups in total. The largest absolute Gasteiger partial charge is 0.404 e. The maximum Gasteiger partial charge on any atom is 0.247 e. The number of nitriles is 1. The van der Waals surface area contributed by atoms with E-state index in [2.05, 4.69) is 35.5 Å². The first-order chi connectivity index (χ1) is 9.19. The number of thiophene rings is 1. The van der Waals surface area contributed by atoms with Crippen LogP contribution >= 0.6 is 23.4 Å². The minimum Gasteiger partial charge on any atom is -0.404 e. The van der Waals surface area contributed by atoms with Crippen LogP contribution in [0.1, 0.15) is 35.9 Å². The molecule has 6 heteroatoms. The molecule has 0 fully saturated rings. The zero-order valence-corrected chi connectivity index (χ0v) is 12.3. The van der Waals surface area contributed by atoms with E-state index in [9.17, 15) is 0 Å². The van der Waals surface area contributed by atoms with E-state index in [4.69, 9.17) is 9.44 Å². The zero-order valence-electron chi connectivity index (χ0n) is 10.7. The van der Waals surface area contributed by atoms with E-state index in [1.807, 2.05) is 6.07 Å². The molecule has 0 bridgehead atoms. The predicted octanol–water partition coefficient (Wildman–Crippen LogP) is 3.76. The van der Waals surface area contributed by atoms with Gasteiger partial charge in [-0.1, -0.05) is 13.8 Å². The summed E-state index contributed by atoms with van der Waals surface area (Å²) in [5.41, 5.74) is 1.54. The Bertz CT molecular complexity index is 572. The third-order valence-corrected chi connectivity index (χ3v) is 4.39. The smallest absolute Gasteiger partial charge is 0.247 e. The minimum absolute atomic E-state index is 0.289. The molecule has 0 aliphatic heterocycles. The minimum atomic E-state index is 0.289. The highest BCUT2D eigenvalue weighted by Crippen LogP contribution is 2.26. The molecule has 0 saturated carbocycles. The highest BCUT2D eigenvalue weighted by molar-refractivity contribution is 7.94. The molecule has 0 unspecified atom stereocenters. The molecule has 2 heterocycles. The fraction of sp³-hybridized carbons (Fsp3) is 0.308. The van der Waals surface area contributed by atoms with E-state index in [0.717, 1.165) is 5.75 Å². The maximum atomic E-state index is 8.60. The van der Waals surface area contributed by atoms with Gasteiger partial charge in [0.2, 0.25) is 5.88 Å². The van der Waals surface area contributed by atoms with Crippen LogP contribution in [0.15, 0.2) is 23.6 Å². The molecule has 0 saturated heterocycles.